The maximum absolute atomic E-state index is 14.5. The second kappa shape index (κ2) is 29.7. The molecule has 11 heterocycles. The zero-order chi connectivity index (χ0) is 66.3. The van der Waals surface area contributed by atoms with Gasteiger partial charge in [0.2, 0.25) is 23.8 Å². The summed E-state index contributed by atoms with van der Waals surface area (Å²) >= 11 is 0. The number of urea groups is 2. The Hall–Kier alpha value is -12.7. The highest BCUT2D eigenvalue weighted by Crippen LogP contribution is 2.36. The van der Waals surface area contributed by atoms with Crippen molar-refractivity contribution < 1.29 is 28.2 Å². The minimum Gasteiger partial charge on any atom is -0.450 e. The van der Waals surface area contributed by atoms with Gasteiger partial charge in [-0.15, -0.1) is 10.2 Å². The van der Waals surface area contributed by atoms with E-state index in [0.29, 0.717) is 88.0 Å². The summed E-state index contributed by atoms with van der Waals surface area (Å²) in [6.07, 6.45) is 15.1. The van der Waals surface area contributed by atoms with Gasteiger partial charge in [0.15, 0.2) is 11.6 Å². The van der Waals surface area contributed by atoms with Crippen LogP contribution >= 0.6 is 0 Å². The maximum atomic E-state index is 14.5. The fraction of sp³-hybridized carbons (Fsp3) is 0.188. The van der Waals surface area contributed by atoms with E-state index in [9.17, 15) is 18.8 Å². The number of fused-ring (bicyclic) bond motifs is 3. The zero-order valence-electron chi connectivity index (χ0n) is 51.8. The summed E-state index contributed by atoms with van der Waals surface area (Å²) in [5.74, 6) is 2.40. The molecule has 0 unspecified atom stereocenters. The van der Waals surface area contributed by atoms with Crippen molar-refractivity contribution in [3.8, 4) is 67.3 Å². The Bertz CT molecular complexity index is 4800. The van der Waals surface area contributed by atoms with Gasteiger partial charge in [0.05, 0.1) is 60.5 Å². The number of tetrazole rings is 1. The molecule has 14 rings (SSSR count). The van der Waals surface area contributed by atoms with E-state index < -0.39 is 17.9 Å². The van der Waals surface area contributed by atoms with Crippen LogP contribution in [0.3, 0.4) is 0 Å². The van der Waals surface area contributed by atoms with Crippen molar-refractivity contribution in [3.05, 3.63) is 164 Å². The number of amides is 5. The third-order valence-electron chi connectivity index (χ3n) is 14.6. The number of imidazole rings is 3. The molecule has 1 fully saturated rings. The number of aromatic nitrogens is 19. The van der Waals surface area contributed by atoms with Gasteiger partial charge >= 0.3 is 18.2 Å². The lowest BCUT2D eigenvalue weighted by molar-refractivity contribution is 0.0330. The molecule has 0 atom stereocenters. The highest BCUT2D eigenvalue weighted by molar-refractivity contribution is 6.00. The van der Waals surface area contributed by atoms with E-state index in [1.54, 1.807) is 63.2 Å². The molecule has 11 N–H and O–H groups in total. The lowest BCUT2D eigenvalue weighted by atomic mass is 10.0. The molecule has 484 valence electrons. The Morgan fingerprint density at radius 1 is 0.583 bits per heavy atom. The standard InChI is InChI=1S/C24H26N8O2.C21H18N10O2.C19H17FN8O/c1-2-25-24(33)31-23-29-20-12-16(11-18(22(20)30-23)19-5-3-4-6-26-19)17-13-27-21(28-14-17)15-32-7-9-34-10-8-32;1-2-33-21(32)27-20-25-16-9-13(8-15(18(16)26-20)19-22-6-3-7-23-19)12-4-5-14(24-11-12)10-17-28-30-31-29-17;1-2-22-19(29)28-18-26-14-7-10(11-8-24-17(21)25-9-11)6-12(16(14)27-18)15-13(20)4-3-5-23-15/h3-6,11-14H,2,7-10,15H2,1H3,(H3,25,29,30,31,33);3-9,11H,2,10H2,1H3,(H2,25,26,27,32)(H,28,29,30,31);3-9H,2H2,1H3,(H2,21,24,25)(H3,22,26,27,28,29). The predicted molar refractivity (Wildman–Crippen MR) is 355 cm³/mol. The molecule has 1 aliphatic rings. The summed E-state index contributed by atoms with van der Waals surface area (Å²) in [5.41, 5.74) is 18.2. The number of pyridine rings is 3. The maximum Gasteiger partial charge on any atom is 0.413 e. The number of benzene rings is 3. The molecular formula is C64H61FN26O5. The molecule has 0 bridgehead atoms. The van der Waals surface area contributed by atoms with Gasteiger partial charge in [0, 0.05) is 121 Å². The van der Waals surface area contributed by atoms with Crippen molar-refractivity contribution in [1.29, 1.82) is 0 Å². The summed E-state index contributed by atoms with van der Waals surface area (Å²) < 4.78 is 24.8. The number of nitrogens with two attached hydrogens (primary N) is 1. The van der Waals surface area contributed by atoms with Crippen LogP contribution in [0, 0.1) is 5.82 Å². The van der Waals surface area contributed by atoms with E-state index in [1.165, 1.54) is 18.3 Å². The van der Waals surface area contributed by atoms with E-state index in [-0.39, 0.29) is 36.2 Å². The normalized spacial score (nSPS) is 12.1. The molecule has 96 heavy (non-hydrogen) atoms. The number of hydrogen-bond acceptors (Lipinski definition) is 22. The molecule has 5 amide bonds. The van der Waals surface area contributed by atoms with Crippen LogP contribution in [-0.4, -0.2) is 164 Å². The first-order chi connectivity index (χ1) is 46.9. The summed E-state index contributed by atoms with van der Waals surface area (Å²) in [4.78, 5) is 100. The van der Waals surface area contributed by atoms with E-state index >= 15 is 0 Å². The van der Waals surface area contributed by atoms with Crippen LogP contribution in [0.2, 0.25) is 0 Å². The number of ether oxygens (including phenoxy) is 2. The quantitative estimate of drug-likeness (QED) is 0.0432. The molecule has 3 aromatic carbocycles. The third-order valence-corrected chi connectivity index (χ3v) is 14.6. The lowest BCUT2D eigenvalue weighted by Gasteiger charge is -2.25. The number of aromatic amines is 4. The van der Waals surface area contributed by atoms with Gasteiger partial charge in [-0.3, -0.25) is 35.8 Å². The average Bonchev–Trinajstić information content (AvgIpc) is 1.58. The largest absolute Gasteiger partial charge is 0.450 e. The number of nitrogens with one attached hydrogen (secondary N) is 9. The summed E-state index contributed by atoms with van der Waals surface area (Å²) in [6, 6.07) is 24.9. The predicted octanol–water partition coefficient (Wildman–Crippen LogP) is 8.75. The Morgan fingerprint density at radius 3 is 1.74 bits per heavy atom. The summed E-state index contributed by atoms with van der Waals surface area (Å²) in [6.45, 7) is 10.6. The fourth-order valence-corrected chi connectivity index (χ4v) is 10.2. The number of carbonyl (C=O) groups excluding carboxylic acids is 3. The van der Waals surface area contributed by atoms with Crippen molar-refractivity contribution in [2.75, 3.05) is 67.7 Å². The van der Waals surface area contributed by atoms with Crippen molar-refractivity contribution in [2.24, 2.45) is 0 Å². The van der Waals surface area contributed by atoms with Crippen molar-refractivity contribution >= 4 is 75.0 Å². The van der Waals surface area contributed by atoms with Gasteiger partial charge < -0.3 is 40.8 Å². The van der Waals surface area contributed by atoms with Crippen LogP contribution in [0.15, 0.2) is 141 Å². The van der Waals surface area contributed by atoms with Gasteiger partial charge in [-0.1, -0.05) is 17.3 Å². The average molecular weight is 1290 g/mol. The van der Waals surface area contributed by atoms with Crippen LogP contribution in [-0.2, 0) is 22.4 Å². The molecule has 0 radical (unpaired) electrons. The van der Waals surface area contributed by atoms with Gasteiger partial charge in [0.1, 0.15) is 28.4 Å². The van der Waals surface area contributed by atoms with E-state index in [1.807, 2.05) is 80.0 Å². The monoisotopic (exact) mass is 1290 g/mol. The molecule has 0 spiro atoms. The zero-order valence-corrected chi connectivity index (χ0v) is 51.8. The number of nitrogens with zero attached hydrogens (tertiary/aromatic N) is 16. The number of nitrogen functional groups attached to an aromatic ring is 1. The van der Waals surface area contributed by atoms with Crippen molar-refractivity contribution in [2.45, 2.75) is 33.7 Å². The summed E-state index contributed by atoms with van der Waals surface area (Å²) in [7, 11) is 0. The van der Waals surface area contributed by atoms with Crippen LogP contribution < -0.4 is 32.3 Å². The minimum absolute atomic E-state index is 0.145. The lowest BCUT2D eigenvalue weighted by Crippen LogP contribution is -2.36. The van der Waals surface area contributed by atoms with Crippen molar-refractivity contribution in [1.82, 2.24) is 111 Å². The number of halogens is 1. The second-order valence-corrected chi connectivity index (χ2v) is 21.1. The SMILES string of the molecule is CCNC(=O)Nc1nc2c(-c3ccccn3)cc(-c3cnc(CN4CCOCC4)nc3)cc2[nH]1.CCNC(=O)Nc1nc2c(-c3ncccc3F)cc(-c3cnc(N)nc3)cc2[nH]1.CCOC(=O)Nc1nc2c(-c3ncccn3)cc(-c3ccc(Cc4nn[nH]n4)nc3)cc2[nH]1. The Balaban J connectivity index is 0.000000138. The highest BCUT2D eigenvalue weighted by atomic mass is 19.1. The molecule has 1 saturated heterocycles. The number of rotatable bonds is 16. The number of morpholine rings is 1. The second-order valence-electron chi connectivity index (χ2n) is 21.1. The first-order valence-electron chi connectivity index (χ1n) is 30.2. The third kappa shape index (κ3) is 15.4. The Labute approximate surface area is 544 Å². The van der Waals surface area contributed by atoms with Gasteiger partial charge in [-0.05, 0) is 110 Å². The number of carbonyl (C=O) groups is 3. The molecule has 1 aliphatic heterocycles. The van der Waals surface area contributed by atoms with Crippen LogP contribution in [0.4, 0.5) is 42.6 Å². The number of anilines is 4. The minimum atomic E-state index is -0.587. The fourth-order valence-electron chi connectivity index (χ4n) is 10.2. The smallest absolute Gasteiger partial charge is 0.413 e. The van der Waals surface area contributed by atoms with E-state index in [2.05, 4.69) is 127 Å². The van der Waals surface area contributed by atoms with Crippen LogP contribution in [0.1, 0.15) is 38.1 Å². The van der Waals surface area contributed by atoms with E-state index in [4.69, 9.17) is 15.2 Å². The molecule has 0 aliphatic carbocycles. The van der Waals surface area contributed by atoms with Crippen LogP contribution in [0.5, 0.6) is 0 Å². The summed E-state index contributed by atoms with van der Waals surface area (Å²) in [5, 5.41) is 27.2. The topological polar surface area (TPSA) is 416 Å². The first-order valence-corrected chi connectivity index (χ1v) is 30.2. The Morgan fingerprint density at radius 2 is 1.16 bits per heavy atom. The molecule has 0 saturated carbocycles. The molecule has 10 aromatic heterocycles. The molecule has 31 nitrogen and oxygen atoms in total. The number of hydrogen-bond donors (Lipinski definition) is 10. The molecular weight excluding hydrogens is 1230 g/mol. The van der Waals surface area contributed by atoms with Gasteiger partial charge in [-0.2, -0.15) is 5.21 Å². The Kier molecular flexibility index (Phi) is 19.6. The van der Waals surface area contributed by atoms with Gasteiger partial charge in [0.25, 0.3) is 0 Å². The van der Waals surface area contributed by atoms with E-state index in [0.717, 1.165) is 82.4 Å². The van der Waals surface area contributed by atoms with Crippen LogP contribution in [0.25, 0.3) is 100 Å². The van der Waals surface area contributed by atoms with Crippen molar-refractivity contribution in [3.63, 3.8) is 0 Å². The molecule has 13 aromatic rings. The van der Waals surface area contributed by atoms with Gasteiger partial charge in [-0.25, -0.2) is 63.6 Å². The first kappa shape index (κ1) is 63.4. The molecule has 32 heteroatoms. The highest BCUT2D eigenvalue weighted by Gasteiger charge is 2.21. The number of H-pyrrole nitrogens is 4.